The van der Waals surface area contributed by atoms with Crippen LogP contribution < -0.4 is 5.32 Å². The number of thioether (sulfide) groups is 1. The van der Waals surface area contributed by atoms with Gasteiger partial charge in [0.2, 0.25) is 11.8 Å². The van der Waals surface area contributed by atoms with E-state index < -0.39 is 5.97 Å². The Morgan fingerprint density at radius 1 is 1.11 bits per heavy atom. The standard InChI is InChI=1S/C21H20N2O4S/c1-2-27-21(26)12-20-23(19(25)14-28-20)13-18(24)22-17-10-8-16(9-11-17)15-6-4-3-5-7-15/h3-12H,2,13-14H2,1H3,(H,22,24)/b20-12-. The van der Waals surface area contributed by atoms with Crippen LogP contribution in [0, 0.1) is 0 Å². The third-order valence-electron chi connectivity index (χ3n) is 4.02. The van der Waals surface area contributed by atoms with Gasteiger partial charge >= 0.3 is 5.97 Å². The summed E-state index contributed by atoms with van der Waals surface area (Å²) < 4.78 is 4.87. The Morgan fingerprint density at radius 2 is 1.79 bits per heavy atom. The van der Waals surface area contributed by atoms with Gasteiger partial charge in [-0.15, -0.1) is 0 Å². The van der Waals surface area contributed by atoms with Crippen LogP contribution in [-0.2, 0) is 19.1 Å². The fraction of sp³-hybridized carbons (Fsp3) is 0.190. The maximum absolute atomic E-state index is 12.4. The monoisotopic (exact) mass is 396 g/mol. The van der Waals surface area contributed by atoms with Crippen molar-refractivity contribution in [2.75, 3.05) is 24.2 Å². The largest absolute Gasteiger partial charge is 0.463 e. The van der Waals surface area contributed by atoms with Gasteiger partial charge in [0.1, 0.15) is 6.54 Å². The number of rotatable bonds is 6. The zero-order valence-corrected chi connectivity index (χ0v) is 16.2. The lowest BCUT2D eigenvalue weighted by molar-refractivity contribution is -0.137. The normalized spacial score (nSPS) is 15.0. The van der Waals surface area contributed by atoms with Crippen molar-refractivity contribution < 1.29 is 19.1 Å². The Morgan fingerprint density at radius 3 is 2.46 bits per heavy atom. The molecule has 0 unspecified atom stereocenters. The zero-order valence-electron chi connectivity index (χ0n) is 15.4. The lowest BCUT2D eigenvalue weighted by Gasteiger charge is -2.16. The molecule has 7 heteroatoms. The lowest BCUT2D eigenvalue weighted by Crippen LogP contribution is -2.34. The van der Waals surface area contributed by atoms with E-state index in [1.165, 1.54) is 22.7 Å². The molecule has 2 amide bonds. The molecule has 0 radical (unpaired) electrons. The van der Waals surface area contributed by atoms with Crippen LogP contribution in [0.5, 0.6) is 0 Å². The second-order valence-corrected chi connectivity index (χ2v) is 6.99. The minimum atomic E-state index is -0.526. The molecule has 1 fully saturated rings. The van der Waals surface area contributed by atoms with Crippen molar-refractivity contribution in [3.63, 3.8) is 0 Å². The van der Waals surface area contributed by atoms with E-state index in [9.17, 15) is 14.4 Å². The Hall–Kier alpha value is -3.06. The minimum Gasteiger partial charge on any atom is -0.463 e. The first-order valence-electron chi connectivity index (χ1n) is 8.84. The van der Waals surface area contributed by atoms with Crippen LogP contribution in [0.25, 0.3) is 11.1 Å². The summed E-state index contributed by atoms with van der Waals surface area (Å²) in [4.78, 5) is 37.3. The second kappa shape index (κ2) is 9.23. The molecule has 1 saturated heterocycles. The number of esters is 1. The SMILES string of the molecule is CCOC(=O)/C=C1\SCC(=O)N1CC(=O)Nc1ccc(-c2ccccc2)cc1. The maximum atomic E-state index is 12.4. The van der Waals surface area contributed by atoms with Crippen molar-refractivity contribution in [3.8, 4) is 11.1 Å². The highest BCUT2D eigenvalue weighted by Crippen LogP contribution is 2.28. The van der Waals surface area contributed by atoms with E-state index in [4.69, 9.17) is 4.74 Å². The maximum Gasteiger partial charge on any atom is 0.333 e. The molecule has 1 aliphatic rings. The van der Waals surface area contributed by atoms with E-state index in [1.807, 2.05) is 54.6 Å². The van der Waals surface area contributed by atoms with Crippen LogP contribution in [0.1, 0.15) is 6.92 Å². The van der Waals surface area contributed by atoms with Crippen molar-refractivity contribution >= 4 is 35.2 Å². The average molecular weight is 396 g/mol. The Labute approximate surface area is 167 Å². The molecular weight excluding hydrogens is 376 g/mol. The van der Waals surface area contributed by atoms with Crippen LogP contribution in [0.3, 0.4) is 0 Å². The zero-order chi connectivity index (χ0) is 19.9. The van der Waals surface area contributed by atoms with Gasteiger partial charge in [0, 0.05) is 5.69 Å². The van der Waals surface area contributed by atoms with Crippen molar-refractivity contribution in [1.29, 1.82) is 0 Å². The number of nitrogens with zero attached hydrogens (tertiary/aromatic N) is 1. The number of anilines is 1. The number of amides is 2. The molecule has 0 aliphatic carbocycles. The van der Waals surface area contributed by atoms with Gasteiger partial charge in [-0.1, -0.05) is 54.2 Å². The molecule has 0 atom stereocenters. The van der Waals surface area contributed by atoms with Crippen LogP contribution in [0.15, 0.2) is 65.7 Å². The van der Waals surface area contributed by atoms with Gasteiger partial charge in [-0.2, -0.15) is 0 Å². The van der Waals surface area contributed by atoms with E-state index in [2.05, 4.69) is 5.32 Å². The van der Waals surface area contributed by atoms with E-state index in [1.54, 1.807) is 6.92 Å². The Kier molecular flexibility index (Phi) is 6.49. The highest BCUT2D eigenvalue weighted by Gasteiger charge is 2.29. The predicted molar refractivity (Wildman–Crippen MR) is 109 cm³/mol. The first-order valence-corrected chi connectivity index (χ1v) is 9.82. The molecule has 1 aliphatic heterocycles. The number of hydrogen-bond donors (Lipinski definition) is 1. The molecular formula is C21H20N2O4S. The van der Waals surface area contributed by atoms with Crippen molar-refractivity contribution in [2.45, 2.75) is 6.92 Å². The van der Waals surface area contributed by atoms with Gasteiger partial charge in [-0.3, -0.25) is 14.5 Å². The quantitative estimate of drug-likeness (QED) is 0.599. The summed E-state index contributed by atoms with van der Waals surface area (Å²) in [5.41, 5.74) is 2.78. The summed E-state index contributed by atoms with van der Waals surface area (Å²) in [6, 6.07) is 17.4. The summed E-state index contributed by atoms with van der Waals surface area (Å²) in [6.07, 6.45) is 1.25. The minimum absolute atomic E-state index is 0.155. The van der Waals surface area contributed by atoms with Gasteiger partial charge < -0.3 is 10.1 Å². The summed E-state index contributed by atoms with van der Waals surface area (Å²) in [5, 5.41) is 3.21. The van der Waals surface area contributed by atoms with Crippen molar-refractivity contribution in [1.82, 2.24) is 4.90 Å². The first kappa shape index (κ1) is 19.7. The van der Waals surface area contributed by atoms with Crippen LogP contribution in [-0.4, -0.2) is 41.6 Å². The van der Waals surface area contributed by atoms with Gasteiger partial charge in [-0.05, 0) is 30.2 Å². The number of benzene rings is 2. The van der Waals surface area contributed by atoms with Crippen molar-refractivity contribution in [2.24, 2.45) is 0 Å². The smallest absolute Gasteiger partial charge is 0.333 e. The third-order valence-corrected chi connectivity index (χ3v) is 5.04. The molecule has 2 aromatic rings. The topological polar surface area (TPSA) is 75.7 Å². The molecule has 0 bridgehead atoms. The number of hydrogen-bond acceptors (Lipinski definition) is 5. The van der Waals surface area contributed by atoms with Gasteiger partial charge in [0.25, 0.3) is 0 Å². The molecule has 0 spiro atoms. The molecule has 0 aromatic heterocycles. The molecule has 6 nitrogen and oxygen atoms in total. The molecule has 1 heterocycles. The fourth-order valence-electron chi connectivity index (χ4n) is 2.71. The van der Waals surface area contributed by atoms with Gasteiger partial charge in [0.05, 0.1) is 23.5 Å². The second-order valence-electron chi connectivity index (χ2n) is 5.99. The summed E-state index contributed by atoms with van der Waals surface area (Å²) in [5.74, 6) is -0.876. The number of carbonyl (C=O) groups is 3. The first-order chi connectivity index (χ1) is 13.6. The van der Waals surface area contributed by atoms with E-state index in [-0.39, 0.29) is 30.7 Å². The van der Waals surface area contributed by atoms with Gasteiger partial charge in [0.15, 0.2) is 0 Å². The Balaban J connectivity index is 1.63. The highest BCUT2D eigenvalue weighted by molar-refractivity contribution is 8.04. The van der Waals surface area contributed by atoms with Crippen LogP contribution in [0.2, 0.25) is 0 Å². The fourth-order valence-corrected chi connectivity index (χ4v) is 3.63. The summed E-state index contributed by atoms with van der Waals surface area (Å²) in [7, 11) is 0. The van der Waals surface area contributed by atoms with E-state index in [0.29, 0.717) is 10.7 Å². The van der Waals surface area contributed by atoms with Crippen molar-refractivity contribution in [3.05, 3.63) is 65.7 Å². The molecule has 3 rings (SSSR count). The third kappa shape index (κ3) is 5.01. The molecule has 28 heavy (non-hydrogen) atoms. The summed E-state index contributed by atoms with van der Waals surface area (Å²) >= 11 is 1.22. The highest BCUT2D eigenvalue weighted by atomic mass is 32.2. The van der Waals surface area contributed by atoms with Gasteiger partial charge in [-0.25, -0.2) is 4.79 Å². The summed E-state index contributed by atoms with van der Waals surface area (Å²) in [6.45, 7) is 1.80. The van der Waals surface area contributed by atoms with E-state index in [0.717, 1.165) is 11.1 Å². The van der Waals surface area contributed by atoms with E-state index >= 15 is 0 Å². The predicted octanol–water partition coefficient (Wildman–Crippen LogP) is 3.27. The average Bonchev–Trinajstić information content (AvgIpc) is 3.03. The lowest BCUT2D eigenvalue weighted by atomic mass is 10.1. The van der Waals surface area contributed by atoms with Crippen LogP contribution in [0.4, 0.5) is 5.69 Å². The number of nitrogens with one attached hydrogen (secondary N) is 1. The van der Waals surface area contributed by atoms with Crippen LogP contribution >= 0.6 is 11.8 Å². The molecule has 0 saturated carbocycles. The Bertz CT molecular complexity index is 894. The molecule has 144 valence electrons. The number of carbonyl (C=O) groups excluding carboxylic acids is 3. The number of ether oxygens (including phenoxy) is 1. The molecule has 1 N–H and O–H groups in total. The molecule has 2 aromatic carbocycles.